The minimum absolute atomic E-state index is 0.134. The van der Waals surface area contributed by atoms with Crippen LogP contribution < -0.4 is 10.6 Å². The summed E-state index contributed by atoms with van der Waals surface area (Å²) in [4.78, 5) is 18.0. The van der Waals surface area contributed by atoms with Crippen LogP contribution in [0.1, 0.15) is 27.4 Å². The van der Waals surface area contributed by atoms with Crippen molar-refractivity contribution in [1.29, 1.82) is 0 Å². The van der Waals surface area contributed by atoms with Gasteiger partial charge < -0.3 is 15.1 Å². The van der Waals surface area contributed by atoms with Crippen LogP contribution in [0.4, 0.5) is 11.4 Å². The van der Waals surface area contributed by atoms with Crippen molar-refractivity contribution in [1.82, 2.24) is 4.98 Å². The van der Waals surface area contributed by atoms with Crippen LogP contribution in [0.25, 0.3) is 0 Å². The van der Waals surface area contributed by atoms with Gasteiger partial charge in [0.25, 0.3) is 5.91 Å². The third-order valence-corrected chi connectivity index (χ3v) is 3.27. The number of nitrogens with zero attached hydrogens (tertiary/aromatic N) is 2. The fraction of sp³-hybridized carbons (Fsp3) is 0.286. The molecule has 0 unspecified atom stereocenters. The van der Waals surface area contributed by atoms with Crippen molar-refractivity contribution >= 4 is 17.3 Å². The Morgan fingerprint density at radius 1 is 1.32 bits per heavy atom. The molecule has 5 nitrogen and oxygen atoms in total. The van der Waals surface area contributed by atoms with Crippen LogP contribution in [-0.2, 0) is 0 Å². The number of carbonyl (C=O) groups excluding carboxylic acids is 1. The lowest BCUT2D eigenvalue weighted by atomic mass is 10.1. The minimum Gasteiger partial charge on any atom is -0.466 e. The Morgan fingerprint density at radius 3 is 2.53 bits per heavy atom. The number of nitrogen functional groups attached to an aromatic ring is 1. The van der Waals surface area contributed by atoms with Gasteiger partial charge in [-0.05, 0) is 26.8 Å². The van der Waals surface area contributed by atoms with Crippen LogP contribution in [0.2, 0.25) is 0 Å². The van der Waals surface area contributed by atoms with Gasteiger partial charge in [-0.15, -0.1) is 0 Å². The second-order valence-electron chi connectivity index (χ2n) is 4.51. The van der Waals surface area contributed by atoms with Crippen molar-refractivity contribution in [2.75, 3.05) is 17.7 Å². The molecule has 2 N–H and O–H groups in total. The van der Waals surface area contributed by atoms with Gasteiger partial charge in [-0.3, -0.25) is 9.78 Å². The van der Waals surface area contributed by atoms with Gasteiger partial charge in [0.1, 0.15) is 11.5 Å². The number of nitrogens with two attached hydrogens (primary N) is 1. The number of anilines is 2. The molecule has 2 aromatic heterocycles. The number of aromatic nitrogens is 1. The summed E-state index contributed by atoms with van der Waals surface area (Å²) >= 11 is 0. The van der Waals surface area contributed by atoms with Gasteiger partial charge in [0.05, 0.1) is 23.1 Å². The fourth-order valence-electron chi connectivity index (χ4n) is 2.09. The van der Waals surface area contributed by atoms with E-state index >= 15 is 0 Å². The molecule has 0 saturated carbocycles. The predicted octanol–water partition coefficient (Wildman–Crippen LogP) is 2.46. The highest BCUT2D eigenvalue weighted by Crippen LogP contribution is 2.26. The van der Waals surface area contributed by atoms with Gasteiger partial charge in [-0.1, -0.05) is 0 Å². The largest absolute Gasteiger partial charge is 0.466 e. The molecule has 5 heteroatoms. The van der Waals surface area contributed by atoms with Gasteiger partial charge in [0.15, 0.2) is 0 Å². The summed E-state index contributed by atoms with van der Waals surface area (Å²) in [6, 6.07) is 1.71. The van der Waals surface area contributed by atoms with E-state index in [9.17, 15) is 4.79 Å². The van der Waals surface area contributed by atoms with E-state index in [-0.39, 0.29) is 5.91 Å². The molecule has 0 aromatic carbocycles. The monoisotopic (exact) mass is 259 g/mol. The Labute approximate surface area is 112 Å². The molecule has 0 atom stereocenters. The first-order valence-electron chi connectivity index (χ1n) is 5.97. The molecule has 2 aromatic rings. The van der Waals surface area contributed by atoms with Gasteiger partial charge in [-0.2, -0.15) is 0 Å². The van der Waals surface area contributed by atoms with Crippen LogP contribution in [0, 0.1) is 20.8 Å². The average Bonchev–Trinajstić information content (AvgIpc) is 2.62. The standard InChI is InChI=1S/C14H17N3O2/c1-8-9(2)19-10(3)13(8)14(18)17(4)12-5-6-16-7-11(12)15/h5-7H,15H2,1-4H3. The number of aryl methyl sites for hydroxylation is 2. The summed E-state index contributed by atoms with van der Waals surface area (Å²) < 4.78 is 5.49. The highest BCUT2D eigenvalue weighted by Gasteiger charge is 2.23. The molecule has 1 amide bonds. The highest BCUT2D eigenvalue weighted by molar-refractivity contribution is 6.08. The Balaban J connectivity index is 2.42. The first-order valence-corrected chi connectivity index (χ1v) is 5.97. The Morgan fingerprint density at radius 2 is 2.00 bits per heavy atom. The summed E-state index contributed by atoms with van der Waals surface area (Å²) in [5, 5.41) is 0. The fourth-order valence-corrected chi connectivity index (χ4v) is 2.09. The lowest BCUT2D eigenvalue weighted by Gasteiger charge is -2.18. The molecule has 0 bridgehead atoms. The summed E-state index contributed by atoms with van der Waals surface area (Å²) in [6.45, 7) is 5.51. The second-order valence-corrected chi connectivity index (χ2v) is 4.51. The number of amides is 1. The van der Waals surface area contributed by atoms with E-state index < -0.39 is 0 Å². The number of pyridine rings is 1. The minimum atomic E-state index is -0.134. The molecule has 0 aliphatic carbocycles. The van der Waals surface area contributed by atoms with E-state index in [0.717, 1.165) is 11.3 Å². The average molecular weight is 259 g/mol. The summed E-state index contributed by atoms with van der Waals surface area (Å²) in [5.74, 6) is 1.25. The molecule has 19 heavy (non-hydrogen) atoms. The van der Waals surface area contributed by atoms with E-state index in [0.29, 0.717) is 22.7 Å². The van der Waals surface area contributed by atoms with E-state index in [1.807, 2.05) is 13.8 Å². The van der Waals surface area contributed by atoms with Gasteiger partial charge in [0.2, 0.25) is 0 Å². The van der Waals surface area contributed by atoms with Crippen molar-refractivity contribution in [3.05, 3.63) is 41.1 Å². The smallest absolute Gasteiger partial charge is 0.261 e. The topological polar surface area (TPSA) is 72.4 Å². The third kappa shape index (κ3) is 2.19. The van der Waals surface area contributed by atoms with Crippen molar-refractivity contribution in [3.63, 3.8) is 0 Å². The van der Waals surface area contributed by atoms with Gasteiger partial charge >= 0.3 is 0 Å². The van der Waals surface area contributed by atoms with Crippen LogP contribution in [0.5, 0.6) is 0 Å². The lowest BCUT2D eigenvalue weighted by Crippen LogP contribution is -2.27. The molecule has 100 valence electrons. The first-order chi connectivity index (χ1) is 8.93. The van der Waals surface area contributed by atoms with Crippen molar-refractivity contribution in [2.24, 2.45) is 0 Å². The SMILES string of the molecule is Cc1oc(C)c(C(=O)N(C)c2ccncc2N)c1C. The molecule has 2 heterocycles. The summed E-state index contributed by atoms with van der Waals surface area (Å²) in [7, 11) is 1.69. The maximum atomic E-state index is 12.5. The number of rotatable bonds is 2. The summed E-state index contributed by atoms with van der Waals surface area (Å²) in [5.41, 5.74) is 8.40. The maximum absolute atomic E-state index is 12.5. The Kier molecular flexibility index (Phi) is 3.29. The number of hydrogen-bond donors (Lipinski definition) is 1. The molecule has 0 spiro atoms. The Bertz CT molecular complexity index is 632. The van der Waals surface area contributed by atoms with Crippen molar-refractivity contribution < 1.29 is 9.21 Å². The van der Waals surface area contributed by atoms with Crippen LogP contribution in [0.3, 0.4) is 0 Å². The number of hydrogen-bond acceptors (Lipinski definition) is 4. The zero-order valence-electron chi connectivity index (χ0n) is 11.5. The quantitative estimate of drug-likeness (QED) is 0.899. The third-order valence-electron chi connectivity index (χ3n) is 3.27. The number of carbonyl (C=O) groups is 1. The van der Waals surface area contributed by atoms with E-state index in [4.69, 9.17) is 10.2 Å². The van der Waals surface area contributed by atoms with Crippen LogP contribution in [-0.4, -0.2) is 17.9 Å². The molecular weight excluding hydrogens is 242 g/mol. The first kappa shape index (κ1) is 13.1. The highest BCUT2D eigenvalue weighted by atomic mass is 16.3. The zero-order valence-corrected chi connectivity index (χ0v) is 11.5. The molecule has 0 fully saturated rings. The van der Waals surface area contributed by atoms with E-state index in [1.165, 1.54) is 11.1 Å². The zero-order chi connectivity index (χ0) is 14.2. The maximum Gasteiger partial charge on any atom is 0.261 e. The van der Waals surface area contributed by atoms with Crippen LogP contribution in [0.15, 0.2) is 22.9 Å². The van der Waals surface area contributed by atoms with Gasteiger partial charge in [0, 0.05) is 18.8 Å². The molecule has 0 radical (unpaired) electrons. The van der Waals surface area contributed by atoms with Crippen molar-refractivity contribution in [3.8, 4) is 0 Å². The molecule has 0 aliphatic rings. The normalized spacial score (nSPS) is 10.5. The molecular formula is C14H17N3O2. The number of furan rings is 1. The van der Waals surface area contributed by atoms with Crippen molar-refractivity contribution in [2.45, 2.75) is 20.8 Å². The molecule has 0 saturated heterocycles. The Hall–Kier alpha value is -2.30. The molecule has 2 rings (SSSR count). The lowest BCUT2D eigenvalue weighted by molar-refractivity contribution is 0.0991. The second kappa shape index (κ2) is 4.76. The van der Waals surface area contributed by atoms with E-state index in [1.54, 1.807) is 26.2 Å². The predicted molar refractivity (Wildman–Crippen MR) is 74.3 cm³/mol. The molecule has 0 aliphatic heterocycles. The summed E-state index contributed by atoms with van der Waals surface area (Å²) in [6.07, 6.45) is 3.13. The van der Waals surface area contributed by atoms with Crippen LogP contribution >= 0.6 is 0 Å². The van der Waals surface area contributed by atoms with E-state index in [2.05, 4.69) is 4.98 Å². The van der Waals surface area contributed by atoms with Gasteiger partial charge in [-0.25, -0.2) is 0 Å².